The van der Waals surface area contributed by atoms with Crippen LogP contribution < -0.4 is 15.1 Å². The number of para-hydroxylation sites is 1. The standard InChI is InChI=1S/C29H27ClF2N6O4/c30-18-12-20(25(26(31)32)33-13-18)27(39)34-19-10-8-17(9-11-19)14-37-22-5-2-1-4-21(22)29(28(37)40)15-36(16-29)23-6-3-7-24(35-23)38(41)42/h1-7,12-13,17,19,26H,8-11,14-16H2,(H,34,39)/t17-,19-. The molecule has 0 radical (unpaired) electrons. The zero-order valence-corrected chi connectivity index (χ0v) is 23.1. The summed E-state index contributed by atoms with van der Waals surface area (Å²) in [5, 5.41) is 14.1. The van der Waals surface area contributed by atoms with Crippen LogP contribution in [-0.4, -0.2) is 52.4 Å². The molecule has 3 aliphatic rings. The highest BCUT2D eigenvalue weighted by atomic mass is 35.5. The van der Waals surface area contributed by atoms with E-state index in [1.807, 2.05) is 34.1 Å². The van der Waals surface area contributed by atoms with Gasteiger partial charge in [-0.15, -0.1) is 0 Å². The Morgan fingerprint density at radius 3 is 2.60 bits per heavy atom. The molecule has 4 heterocycles. The molecule has 2 fully saturated rings. The quantitative estimate of drug-likeness (QED) is 0.298. The summed E-state index contributed by atoms with van der Waals surface area (Å²) in [6.07, 6.45) is 1.00. The van der Waals surface area contributed by atoms with Gasteiger partial charge in [0.1, 0.15) is 11.1 Å². The lowest BCUT2D eigenvalue weighted by molar-refractivity contribution is -0.389. The van der Waals surface area contributed by atoms with E-state index in [2.05, 4.69) is 15.3 Å². The average Bonchev–Trinajstić information content (AvgIpc) is 3.20. The van der Waals surface area contributed by atoms with Gasteiger partial charge in [0.25, 0.3) is 12.3 Å². The van der Waals surface area contributed by atoms with Gasteiger partial charge in [0.15, 0.2) is 0 Å². The second-order valence-corrected chi connectivity index (χ2v) is 11.5. The van der Waals surface area contributed by atoms with Crippen LogP contribution in [0, 0.1) is 16.0 Å². The summed E-state index contributed by atoms with van der Waals surface area (Å²) in [5.41, 5.74) is 0.266. The third-order valence-corrected chi connectivity index (χ3v) is 8.68. The predicted octanol–water partition coefficient (Wildman–Crippen LogP) is 5.07. The van der Waals surface area contributed by atoms with Crippen molar-refractivity contribution in [1.29, 1.82) is 0 Å². The minimum Gasteiger partial charge on any atom is -0.358 e. The zero-order valence-electron chi connectivity index (χ0n) is 22.4. The summed E-state index contributed by atoms with van der Waals surface area (Å²) in [7, 11) is 0. The number of nitro groups is 1. The highest BCUT2D eigenvalue weighted by molar-refractivity contribution is 6.30. The fourth-order valence-electron chi connectivity index (χ4n) is 6.36. The summed E-state index contributed by atoms with van der Waals surface area (Å²) >= 11 is 5.90. The Morgan fingerprint density at radius 1 is 1.14 bits per heavy atom. The molecule has 1 aliphatic carbocycles. The molecule has 0 bridgehead atoms. The number of fused-ring (bicyclic) bond motifs is 2. The van der Waals surface area contributed by atoms with Crippen LogP contribution in [0.4, 0.5) is 26.1 Å². The first kappa shape index (κ1) is 28.0. The van der Waals surface area contributed by atoms with Crippen molar-refractivity contribution in [1.82, 2.24) is 15.3 Å². The van der Waals surface area contributed by atoms with E-state index in [9.17, 15) is 28.5 Å². The topological polar surface area (TPSA) is 122 Å². The molecule has 0 atom stereocenters. The van der Waals surface area contributed by atoms with Crippen molar-refractivity contribution in [2.75, 3.05) is 29.4 Å². The molecule has 1 saturated heterocycles. The minimum absolute atomic E-state index is 0.00814. The highest BCUT2D eigenvalue weighted by Crippen LogP contribution is 2.49. The highest BCUT2D eigenvalue weighted by Gasteiger charge is 2.59. The fourth-order valence-corrected chi connectivity index (χ4v) is 6.51. The number of nitrogens with one attached hydrogen (secondary N) is 1. The molecule has 42 heavy (non-hydrogen) atoms. The van der Waals surface area contributed by atoms with Crippen LogP contribution in [0.25, 0.3) is 0 Å². The van der Waals surface area contributed by atoms with E-state index >= 15 is 0 Å². The first-order valence-electron chi connectivity index (χ1n) is 13.7. The van der Waals surface area contributed by atoms with Gasteiger partial charge in [-0.3, -0.25) is 14.6 Å². The first-order chi connectivity index (χ1) is 20.2. The van der Waals surface area contributed by atoms with Gasteiger partial charge in [-0.25, -0.2) is 8.78 Å². The normalized spacial score (nSPS) is 20.9. The Hall–Kier alpha value is -4.19. The van der Waals surface area contributed by atoms with Crippen LogP contribution in [0.15, 0.2) is 54.7 Å². The summed E-state index contributed by atoms with van der Waals surface area (Å²) in [6, 6.07) is 13.4. The van der Waals surface area contributed by atoms with Crippen molar-refractivity contribution in [3.8, 4) is 0 Å². The number of nitrogens with zero attached hydrogens (tertiary/aromatic N) is 5. The Balaban J connectivity index is 1.10. The van der Waals surface area contributed by atoms with Crippen LogP contribution in [-0.2, 0) is 10.2 Å². The van der Waals surface area contributed by atoms with E-state index in [1.165, 1.54) is 12.1 Å². The number of carbonyl (C=O) groups is 2. The molecule has 1 saturated carbocycles. The first-order valence-corrected chi connectivity index (χ1v) is 14.1. The number of aromatic nitrogens is 2. The second kappa shape index (κ2) is 10.9. The largest absolute Gasteiger partial charge is 0.365 e. The van der Waals surface area contributed by atoms with Crippen molar-refractivity contribution in [3.63, 3.8) is 0 Å². The van der Waals surface area contributed by atoms with Gasteiger partial charge in [-0.05, 0) is 65.3 Å². The summed E-state index contributed by atoms with van der Waals surface area (Å²) < 4.78 is 26.7. The van der Waals surface area contributed by atoms with Crippen molar-refractivity contribution >= 4 is 40.7 Å². The third-order valence-electron chi connectivity index (χ3n) is 8.48. The smallest absolute Gasteiger partial charge is 0.358 e. The molecular weight excluding hydrogens is 570 g/mol. The van der Waals surface area contributed by atoms with Crippen LogP contribution in [0.2, 0.25) is 5.02 Å². The molecule has 1 aromatic carbocycles. The van der Waals surface area contributed by atoms with Gasteiger partial charge in [-0.1, -0.05) is 29.8 Å². The Morgan fingerprint density at radius 2 is 1.88 bits per heavy atom. The van der Waals surface area contributed by atoms with Gasteiger partial charge >= 0.3 is 5.82 Å². The molecular formula is C29H27ClF2N6O4. The maximum Gasteiger partial charge on any atom is 0.365 e. The van der Waals surface area contributed by atoms with Crippen LogP contribution >= 0.6 is 11.6 Å². The summed E-state index contributed by atoms with van der Waals surface area (Å²) in [4.78, 5) is 48.8. The van der Waals surface area contributed by atoms with Gasteiger partial charge in [0, 0.05) is 49.7 Å². The van der Waals surface area contributed by atoms with Gasteiger partial charge < -0.3 is 25.2 Å². The van der Waals surface area contributed by atoms with Crippen molar-refractivity contribution in [2.24, 2.45) is 5.92 Å². The minimum atomic E-state index is -2.90. The number of rotatable bonds is 7. The van der Waals surface area contributed by atoms with E-state index in [0.29, 0.717) is 38.3 Å². The van der Waals surface area contributed by atoms with Gasteiger partial charge in [-0.2, -0.15) is 0 Å². The number of amides is 2. The summed E-state index contributed by atoms with van der Waals surface area (Å²) in [6.45, 7) is 1.29. The molecule has 10 nitrogen and oxygen atoms in total. The Kier molecular flexibility index (Phi) is 7.25. The van der Waals surface area contributed by atoms with Crippen LogP contribution in [0.1, 0.15) is 53.7 Å². The van der Waals surface area contributed by atoms with Crippen molar-refractivity contribution in [2.45, 2.75) is 43.6 Å². The van der Waals surface area contributed by atoms with E-state index in [1.54, 1.807) is 12.1 Å². The third kappa shape index (κ3) is 4.93. The van der Waals surface area contributed by atoms with E-state index in [4.69, 9.17) is 11.6 Å². The molecule has 1 spiro atoms. The van der Waals surface area contributed by atoms with E-state index < -0.39 is 28.4 Å². The maximum atomic E-state index is 13.9. The van der Waals surface area contributed by atoms with E-state index in [-0.39, 0.29) is 34.3 Å². The molecule has 218 valence electrons. The molecule has 13 heteroatoms. The molecule has 2 aromatic heterocycles. The van der Waals surface area contributed by atoms with Crippen LogP contribution in [0.5, 0.6) is 0 Å². The fraction of sp³-hybridized carbons (Fsp3) is 0.379. The van der Waals surface area contributed by atoms with Gasteiger partial charge in [0.05, 0.1) is 10.6 Å². The molecule has 0 unspecified atom stereocenters. The monoisotopic (exact) mass is 596 g/mol. The van der Waals surface area contributed by atoms with E-state index in [0.717, 1.165) is 30.3 Å². The lowest BCUT2D eigenvalue weighted by atomic mass is 9.74. The van der Waals surface area contributed by atoms with Crippen LogP contribution in [0.3, 0.4) is 0 Å². The lowest BCUT2D eigenvalue weighted by Gasteiger charge is -2.46. The predicted molar refractivity (Wildman–Crippen MR) is 151 cm³/mol. The maximum absolute atomic E-state index is 13.9. The molecule has 1 N–H and O–H groups in total. The lowest BCUT2D eigenvalue weighted by Crippen LogP contribution is -2.64. The number of hydrogen-bond acceptors (Lipinski definition) is 7. The number of hydrogen-bond donors (Lipinski definition) is 1. The molecule has 2 amide bonds. The second-order valence-electron chi connectivity index (χ2n) is 11.1. The number of benzene rings is 1. The zero-order chi connectivity index (χ0) is 29.6. The number of carbonyl (C=O) groups excluding carboxylic acids is 2. The number of halogens is 3. The number of anilines is 2. The Bertz CT molecular complexity index is 1560. The Labute approximate surface area is 244 Å². The van der Waals surface area contributed by atoms with Gasteiger partial charge in [0.2, 0.25) is 11.7 Å². The molecule has 3 aromatic rings. The SMILES string of the molecule is O=C(N[C@H]1CC[C@H](CN2C(=O)C3(CN(c4cccc([N+](=O)[O-])n4)C3)c3ccccc32)CC1)c1cc(Cl)cnc1C(F)F. The number of pyridine rings is 2. The summed E-state index contributed by atoms with van der Waals surface area (Å²) in [5.74, 6) is -0.188. The number of alkyl halides is 2. The molecule has 2 aliphatic heterocycles. The van der Waals surface area contributed by atoms with Crippen molar-refractivity contribution in [3.05, 3.63) is 86.7 Å². The molecule has 6 rings (SSSR count). The van der Waals surface area contributed by atoms with Crippen molar-refractivity contribution < 1.29 is 23.3 Å². The average molecular weight is 597 g/mol.